The smallest absolute Gasteiger partial charge is 0.244 e. The summed E-state index contributed by atoms with van der Waals surface area (Å²) in [5.41, 5.74) is 6.08. The van der Waals surface area contributed by atoms with Gasteiger partial charge in [-0.3, -0.25) is 4.79 Å². The van der Waals surface area contributed by atoms with Gasteiger partial charge in [-0.1, -0.05) is 30.3 Å². The van der Waals surface area contributed by atoms with Crippen molar-refractivity contribution < 1.29 is 4.79 Å². The van der Waals surface area contributed by atoms with E-state index in [2.05, 4.69) is 17.3 Å². The molecule has 1 heterocycles. The maximum absolute atomic E-state index is 12.4. The van der Waals surface area contributed by atoms with Crippen LogP contribution in [0, 0.1) is 0 Å². The Balaban J connectivity index is 2.02. The molecular weight excluding hydrogens is 238 g/mol. The van der Waals surface area contributed by atoms with Crippen LogP contribution in [-0.4, -0.2) is 37.0 Å². The molecule has 3 N–H and O–H groups in total. The van der Waals surface area contributed by atoms with Crippen LogP contribution < -0.4 is 11.1 Å². The molecule has 0 aromatic heterocycles. The molecule has 2 rings (SSSR count). The minimum atomic E-state index is -0.975. The number of benzene rings is 1. The summed E-state index contributed by atoms with van der Waals surface area (Å²) in [5, 5.41) is 3.08. The summed E-state index contributed by atoms with van der Waals surface area (Å²) >= 11 is 0. The van der Waals surface area contributed by atoms with E-state index < -0.39 is 5.54 Å². The number of rotatable bonds is 3. The highest BCUT2D eigenvalue weighted by molar-refractivity contribution is 5.87. The highest BCUT2D eigenvalue weighted by Gasteiger charge is 2.32. The molecule has 0 saturated carbocycles. The topological polar surface area (TPSA) is 58.4 Å². The van der Waals surface area contributed by atoms with E-state index in [1.165, 1.54) is 0 Å². The van der Waals surface area contributed by atoms with Gasteiger partial charge in [0.2, 0.25) is 5.91 Å². The van der Waals surface area contributed by atoms with Gasteiger partial charge >= 0.3 is 0 Å². The monoisotopic (exact) mass is 261 g/mol. The zero-order chi connectivity index (χ0) is 13.9. The number of nitrogens with two attached hydrogens (primary N) is 1. The van der Waals surface area contributed by atoms with Crippen molar-refractivity contribution >= 4 is 5.91 Å². The van der Waals surface area contributed by atoms with Gasteiger partial charge in [-0.2, -0.15) is 0 Å². The minimum Gasteiger partial charge on any atom is -0.350 e. The van der Waals surface area contributed by atoms with E-state index in [1.807, 2.05) is 30.3 Å². The molecule has 1 amide bonds. The fraction of sp³-hybridized carbons (Fsp3) is 0.533. The van der Waals surface area contributed by atoms with Crippen molar-refractivity contribution in [1.29, 1.82) is 0 Å². The third-order valence-electron chi connectivity index (χ3n) is 3.80. The summed E-state index contributed by atoms with van der Waals surface area (Å²) in [6.07, 6.45) is 2.15. The second-order valence-electron chi connectivity index (χ2n) is 5.64. The number of nitrogens with one attached hydrogen (secondary N) is 1. The molecule has 1 aliphatic heterocycles. The fourth-order valence-electron chi connectivity index (χ4n) is 2.54. The van der Waals surface area contributed by atoms with Gasteiger partial charge in [0.15, 0.2) is 0 Å². The van der Waals surface area contributed by atoms with E-state index in [0.717, 1.165) is 31.5 Å². The highest BCUT2D eigenvalue weighted by Crippen LogP contribution is 2.18. The Labute approximate surface area is 115 Å². The van der Waals surface area contributed by atoms with Crippen LogP contribution >= 0.6 is 0 Å². The summed E-state index contributed by atoms with van der Waals surface area (Å²) < 4.78 is 0. The van der Waals surface area contributed by atoms with Crippen molar-refractivity contribution in [3.8, 4) is 0 Å². The standard InChI is InChI=1S/C15H23N3O/c1-15(16,12-7-4-3-5-8-12)14(19)17-13-9-6-10-18(2)11-13/h3-5,7-8,13H,6,9-11,16H2,1-2H3,(H,17,19). The lowest BCUT2D eigenvalue weighted by atomic mass is 9.91. The molecule has 2 unspecified atom stereocenters. The van der Waals surface area contributed by atoms with Crippen molar-refractivity contribution in [1.82, 2.24) is 10.2 Å². The van der Waals surface area contributed by atoms with Crippen LogP contribution in [0.3, 0.4) is 0 Å². The van der Waals surface area contributed by atoms with Crippen molar-refractivity contribution in [3.05, 3.63) is 35.9 Å². The number of hydrogen-bond donors (Lipinski definition) is 2. The zero-order valence-electron chi connectivity index (χ0n) is 11.7. The molecule has 104 valence electrons. The van der Waals surface area contributed by atoms with Gasteiger partial charge in [0.1, 0.15) is 5.54 Å². The molecule has 1 aliphatic rings. The normalized spacial score (nSPS) is 23.6. The van der Waals surface area contributed by atoms with E-state index >= 15 is 0 Å². The molecular formula is C15H23N3O. The van der Waals surface area contributed by atoms with E-state index in [4.69, 9.17) is 5.73 Å². The lowest BCUT2D eigenvalue weighted by molar-refractivity contribution is -0.127. The first-order chi connectivity index (χ1) is 9.00. The van der Waals surface area contributed by atoms with Gasteiger partial charge in [-0.15, -0.1) is 0 Å². The third kappa shape index (κ3) is 3.33. The van der Waals surface area contributed by atoms with Crippen molar-refractivity contribution in [3.63, 3.8) is 0 Å². The average Bonchev–Trinajstić information content (AvgIpc) is 2.39. The van der Waals surface area contributed by atoms with Gasteiger partial charge in [0.05, 0.1) is 0 Å². The Morgan fingerprint density at radius 1 is 1.42 bits per heavy atom. The molecule has 0 spiro atoms. The first kappa shape index (κ1) is 14.0. The molecule has 0 radical (unpaired) electrons. The fourth-order valence-corrected chi connectivity index (χ4v) is 2.54. The van der Waals surface area contributed by atoms with Gasteiger partial charge in [0.25, 0.3) is 0 Å². The summed E-state index contributed by atoms with van der Waals surface area (Å²) in [5.74, 6) is -0.0981. The number of amides is 1. The van der Waals surface area contributed by atoms with E-state index in [1.54, 1.807) is 6.92 Å². The van der Waals surface area contributed by atoms with Crippen LogP contribution in [0.15, 0.2) is 30.3 Å². The number of likely N-dealkylation sites (tertiary alicyclic amines) is 1. The average molecular weight is 261 g/mol. The summed E-state index contributed by atoms with van der Waals surface area (Å²) in [6, 6.07) is 9.73. The van der Waals surface area contributed by atoms with E-state index in [9.17, 15) is 4.79 Å². The molecule has 19 heavy (non-hydrogen) atoms. The van der Waals surface area contributed by atoms with Crippen molar-refractivity contribution in [2.24, 2.45) is 5.73 Å². The zero-order valence-corrected chi connectivity index (χ0v) is 11.7. The predicted octanol–water partition coefficient (Wildman–Crippen LogP) is 1.07. The molecule has 4 heteroatoms. The Kier molecular flexibility index (Phi) is 4.22. The lowest BCUT2D eigenvalue weighted by Gasteiger charge is -2.33. The summed E-state index contributed by atoms with van der Waals surface area (Å²) in [4.78, 5) is 14.6. The Morgan fingerprint density at radius 2 is 2.11 bits per heavy atom. The number of carbonyl (C=O) groups is 1. The Hall–Kier alpha value is -1.39. The minimum absolute atomic E-state index is 0.0981. The maximum Gasteiger partial charge on any atom is 0.244 e. The lowest BCUT2D eigenvalue weighted by Crippen LogP contribution is -2.55. The number of likely N-dealkylation sites (N-methyl/N-ethyl adjacent to an activating group) is 1. The summed E-state index contributed by atoms with van der Waals surface area (Å²) in [7, 11) is 2.08. The number of carbonyl (C=O) groups excluding carboxylic acids is 1. The number of hydrogen-bond acceptors (Lipinski definition) is 3. The van der Waals surface area contributed by atoms with Crippen LogP contribution in [0.4, 0.5) is 0 Å². The van der Waals surface area contributed by atoms with Gasteiger partial charge in [0, 0.05) is 12.6 Å². The van der Waals surface area contributed by atoms with Crippen LogP contribution in [0.25, 0.3) is 0 Å². The van der Waals surface area contributed by atoms with Crippen LogP contribution in [0.2, 0.25) is 0 Å². The molecule has 1 saturated heterocycles. The molecule has 0 aliphatic carbocycles. The second-order valence-corrected chi connectivity index (χ2v) is 5.64. The molecule has 1 aromatic rings. The SMILES string of the molecule is CN1CCCC(NC(=O)C(C)(N)c2ccccc2)C1. The van der Waals surface area contributed by atoms with Crippen molar-refractivity contribution in [2.45, 2.75) is 31.3 Å². The third-order valence-corrected chi connectivity index (χ3v) is 3.80. The van der Waals surface area contributed by atoms with Gasteiger partial charge in [-0.25, -0.2) is 0 Å². The maximum atomic E-state index is 12.4. The Morgan fingerprint density at radius 3 is 2.74 bits per heavy atom. The second kappa shape index (κ2) is 5.72. The van der Waals surface area contributed by atoms with Crippen LogP contribution in [-0.2, 0) is 10.3 Å². The Bertz CT molecular complexity index is 430. The first-order valence-corrected chi connectivity index (χ1v) is 6.84. The van der Waals surface area contributed by atoms with E-state index in [0.29, 0.717) is 0 Å². The quantitative estimate of drug-likeness (QED) is 0.855. The van der Waals surface area contributed by atoms with Gasteiger partial charge in [-0.05, 0) is 38.9 Å². The number of nitrogens with zero attached hydrogens (tertiary/aromatic N) is 1. The predicted molar refractivity (Wildman–Crippen MR) is 76.6 cm³/mol. The molecule has 2 atom stereocenters. The molecule has 0 bridgehead atoms. The van der Waals surface area contributed by atoms with E-state index in [-0.39, 0.29) is 11.9 Å². The molecule has 1 fully saturated rings. The summed E-state index contributed by atoms with van der Waals surface area (Å²) in [6.45, 7) is 3.77. The molecule has 1 aromatic carbocycles. The van der Waals surface area contributed by atoms with Crippen molar-refractivity contribution in [2.75, 3.05) is 20.1 Å². The highest BCUT2D eigenvalue weighted by atomic mass is 16.2. The first-order valence-electron chi connectivity index (χ1n) is 6.84. The van der Waals surface area contributed by atoms with Crippen LogP contribution in [0.5, 0.6) is 0 Å². The number of piperidine rings is 1. The molecule has 4 nitrogen and oxygen atoms in total. The largest absolute Gasteiger partial charge is 0.350 e. The van der Waals surface area contributed by atoms with Crippen LogP contribution in [0.1, 0.15) is 25.3 Å². The van der Waals surface area contributed by atoms with Gasteiger partial charge < -0.3 is 16.0 Å².